The molecule has 0 bridgehead atoms. The van der Waals surface area contributed by atoms with Gasteiger partial charge in [-0.2, -0.15) is 0 Å². The fraction of sp³-hybridized carbons (Fsp3) is 0.385. The number of amides is 1. The highest BCUT2D eigenvalue weighted by Gasteiger charge is 2.19. The largest absolute Gasteiger partial charge is 0.480 e. The number of aliphatic carboxylic acids is 1. The summed E-state index contributed by atoms with van der Waals surface area (Å²) in [7, 11) is 1.49. The van der Waals surface area contributed by atoms with Crippen molar-refractivity contribution in [3.8, 4) is 0 Å². The average Bonchev–Trinajstić information content (AvgIpc) is 2.41. The Hall–Kier alpha value is -1.05. The van der Waals surface area contributed by atoms with E-state index in [2.05, 4.69) is 21.2 Å². The maximum atomic E-state index is 11.7. The van der Waals surface area contributed by atoms with Gasteiger partial charge in [-0.25, -0.2) is 4.79 Å². The molecule has 0 heterocycles. The first-order valence-corrected chi connectivity index (χ1v) is 7.70. The molecule has 0 fully saturated rings. The summed E-state index contributed by atoms with van der Waals surface area (Å²) in [5, 5.41) is 11.5. The molecular weight excluding hydrogens is 346 g/mol. The second-order valence-electron chi connectivity index (χ2n) is 3.99. The van der Waals surface area contributed by atoms with Crippen molar-refractivity contribution in [1.29, 1.82) is 0 Å². The molecule has 7 heteroatoms. The molecule has 0 aromatic heterocycles. The number of rotatable bonds is 8. The van der Waals surface area contributed by atoms with E-state index in [1.807, 2.05) is 24.3 Å². The van der Waals surface area contributed by atoms with Crippen molar-refractivity contribution in [2.75, 3.05) is 19.5 Å². The van der Waals surface area contributed by atoms with Gasteiger partial charge in [-0.15, -0.1) is 11.8 Å². The van der Waals surface area contributed by atoms with Crippen LogP contribution in [0.15, 0.2) is 33.6 Å². The number of carboxylic acid groups (broad SMARTS) is 1. The summed E-state index contributed by atoms with van der Waals surface area (Å²) in [5.74, 6) is -1.19. The fourth-order valence-electron chi connectivity index (χ4n) is 1.43. The highest BCUT2D eigenvalue weighted by Crippen LogP contribution is 2.21. The Bertz CT molecular complexity index is 469. The molecule has 1 rings (SSSR count). The molecule has 1 aromatic rings. The highest BCUT2D eigenvalue weighted by atomic mass is 79.9. The van der Waals surface area contributed by atoms with E-state index in [0.29, 0.717) is 0 Å². The SMILES string of the molecule is COCCC(NC(=O)CSc1cccc(Br)c1)C(=O)O. The Balaban J connectivity index is 2.43. The van der Waals surface area contributed by atoms with E-state index < -0.39 is 12.0 Å². The van der Waals surface area contributed by atoms with E-state index in [0.717, 1.165) is 9.37 Å². The number of hydrogen-bond acceptors (Lipinski definition) is 4. The molecule has 0 aliphatic carbocycles. The molecule has 0 aliphatic rings. The zero-order valence-corrected chi connectivity index (χ0v) is 13.4. The van der Waals surface area contributed by atoms with Crippen LogP contribution in [0.3, 0.4) is 0 Å². The fourth-order valence-corrected chi connectivity index (χ4v) is 2.75. The molecule has 2 N–H and O–H groups in total. The summed E-state index contributed by atoms with van der Waals surface area (Å²) in [6.45, 7) is 0.288. The third-order valence-electron chi connectivity index (χ3n) is 2.41. The van der Waals surface area contributed by atoms with Gasteiger partial charge in [-0.1, -0.05) is 22.0 Å². The predicted molar refractivity (Wildman–Crippen MR) is 80.9 cm³/mol. The lowest BCUT2D eigenvalue weighted by molar-refractivity contribution is -0.142. The Morgan fingerprint density at radius 3 is 2.85 bits per heavy atom. The Morgan fingerprint density at radius 2 is 2.25 bits per heavy atom. The number of carbonyl (C=O) groups excluding carboxylic acids is 1. The number of carboxylic acids is 1. The van der Waals surface area contributed by atoms with Crippen LogP contribution in [0.2, 0.25) is 0 Å². The lowest BCUT2D eigenvalue weighted by atomic mass is 10.2. The topological polar surface area (TPSA) is 75.6 Å². The van der Waals surface area contributed by atoms with Crippen molar-refractivity contribution in [3.05, 3.63) is 28.7 Å². The minimum absolute atomic E-state index is 0.174. The van der Waals surface area contributed by atoms with E-state index in [-0.39, 0.29) is 24.7 Å². The molecule has 0 aliphatic heterocycles. The first-order valence-electron chi connectivity index (χ1n) is 5.92. The van der Waals surface area contributed by atoms with Crippen molar-refractivity contribution >= 4 is 39.6 Å². The van der Waals surface area contributed by atoms with Gasteiger partial charge < -0.3 is 15.2 Å². The zero-order chi connectivity index (χ0) is 15.0. The highest BCUT2D eigenvalue weighted by molar-refractivity contribution is 9.10. The number of benzene rings is 1. The lowest BCUT2D eigenvalue weighted by Gasteiger charge is -2.13. The third kappa shape index (κ3) is 6.40. The van der Waals surface area contributed by atoms with Crippen molar-refractivity contribution in [3.63, 3.8) is 0 Å². The third-order valence-corrected chi connectivity index (χ3v) is 3.90. The lowest BCUT2D eigenvalue weighted by Crippen LogP contribution is -2.42. The molecule has 5 nitrogen and oxygen atoms in total. The van der Waals surface area contributed by atoms with Crippen molar-refractivity contribution in [1.82, 2.24) is 5.32 Å². The normalized spacial score (nSPS) is 11.9. The first kappa shape index (κ1) is 17.0. The van der Waals surface area contributed by atoms with Gasteiger partial charge in [0.2, 0.25) is 5.91 Å². The molecule has 110 valence electrons. The standard InChI is InChI=1S/C13H16BrNO4S/c1-19-6-5-11(13(17)18)15-12(16)8-20-10-4-2-3-9(14)7-10/h2-4,7,11H,5-6,8H2,1H3,(H,15,16)(H,17,18). The van der Waals surface area contributed by atoms with Crippen molar-refractivity contribution in [2.24, 2.45) is 0 Å². The van der Waals surface area contributed by atoms with Crippen molar-refractivity contribution in [2.45, 2.75) is 17.4 Å². The number of ether oxygens (including phenoxy) is 1. The Kier molecular flexibility index (Phi) is 7.64. The van der Waals surface area contributed by atoms with Crippen LogP contribution in [0.25, 0.3) is 0 Å². The molecule has 1 amide bonds. The van der Waals surface area contributed by atoms with Crippen LogP contribution in [0, 0.1) is 0 Å². The second kappa shape index (κ2) is 8.99. The zero-order valence-electron chi connectivity index (χ0n) is 11.0. The average molecular weight is 362 g/mol. The van der Waals surface area contributed by atoms with E-state index in [1.165, 1.54) is 18.9 Å². The van der Waals surface area contributed by atoms with E-state index in [4.69, 9.17) is 9.84 Å². The number of halogens is 1. The van der Waals surface area contributed by atoms with E-state index >= 15 is 0 Å². The summed E-state index contributed by atoms with van der Waals surface area (Å²) in [6.07, 6.45) is 0.249. The van der Waals surface area contributed by atoms with Gasteiger partial charge in [0.05, 0.1) is 5.75 Å². The molecule has 20 heavy (non-hydrogen) atoms. The van der Waals surface area contributed by atoms with Crippen LogP contribution >= 0.6 is 27.7 Å². The Morgan fingerprint density at radius 1 is 1.50 bits per heavy atom. The van der Waals surface area contributed by atoms with Crippen LogP contribution in [0.4, 0.5) is 0 Å². The first-order chi connectivity index (χ1) is 9.52. The number of methoxy groups -OCH3 is 1. The maximum absolute atomic E-state index is 11.7. The minimum atomic E-state index is -1.05. The van der Waals surface area contributed by atoms with E-state index in [1.54, 1.807) is 0 Å². The molecule has 1 unspecified atom stereocenters. The summed E-state index contributed by atoms with van der Waals surface area (Å²) in [4.78, 5) is 23.7. The van der Waals surface area contributed by atoms with Crippen LogP contribution in [-0.4, -0.2) is 42.5 Å². The Labute approximate surface area is 130 Å². The van der Waals surface area contributed by atoms with Crippen LogP contribution in [-0.2, 0) is 14.3 Å². The van der Waals surface area contributed by atoms with Gasteiger partial charge in [0.15, 0.2) is 0 Å². The van der Waals surface area contributed by atoms with Gasteiger partial charge in [-0.05, 0) is 18.2 Å². The minimum Gasteiger partial charge on any atom is -0.480 e. The summed E-state index contributed by atoms with van der Waals surface area (Å²) < 4.78 is 5.76. The molecule has 0 saturated carbocycles. The number of nitrogens with one attached hydrogen (secondary N) is 1. The number of hydrogen-bond donors (Lipinski definition) is 2. The van der Waals surface area contributed by atoms with Crippen LogP contribution < -0.4 is 5.32 Å². The predicted octanol–water partition coefficient (Wildman–Crippen LogP) is 2.15. The molecular formula is C13H16BrNO4S. The van der Waals surface area contributed by atoms with Gasteiger partial charge in [0.25, 0.3) is 0 Å². The van der Waals surface area contributed by atoms with Gasteiger partial charge in [-0.3, -0.25) is 4.79 Å². The van der Waals surface area contributed by atoms with E-state index in [9.17, 15) is 9.59 Å². The molecule has 1 aromatic carbocycles. The number of thioether (sulfide) groups is 1. The molecule has 0 radical (unpaired) electrons. The van der Waals surface area contributed by atoms with Crippen LogP contribution in [0.5, 0.6) is 0 Å². The summed E-state index contributed by atoms with van der Waals surface area (Å²) >= 11 is 4.71. The summed E-state index contributed by atoms with van der Waals surface area (Å²) in [6, 6.07) is 6.66. The molecule has 0 spiro atoms. The second-order valence-corrected chi connectivity index (χ2v) is 5.95. The van der Waals surface area contributed by atoms with Crippen molar-refractivity contribution < 1.29 is 19.4 Å². The van der Waals surface area contributed by atoms with Crippen LogP contribution in [0.1, 0.15) is 6.42 Å². The monoisotopic (exact) mass is 361 g/mol. The maximum Gasteiger partial charge on any atom is 0.326 e. The quantitative estimate of drug-likeness (QED) is 0.693. The van der Waals surface area contributed by atoms with Gasteiger partial charge in [0.1, 0.15) is 6.04 Å². The number of carbonyl (C=O) groups is 2. The summed E-state index contributed by atoms with van der Waals surface area (Å²) in [5.41, 5.74) is 0. The molecule has 0 saturated heterocycles. The van der Waals surface area contributed by atoms with Gasteiger partial charge in [0, 0.05) is 29.5 Å². The molecule has 1 atom stereocenters. The smallest absolute Gasteiger partial charge is 0.326 e. The van der Waals surface area contributed by atoms with Gasteiger partial charge >= 0.3 is 5.97 Å².